The molecule has 0 N–H and O–H groups in total. The van der Waals surface area contributed by atoms with E-state index in [1.165, 1.54) is 5.56 Å². The number of rotatable bonds is 3. The van der Waals surface area contributed by atoms with E-state index in [0.717, 1.165) is 12.7 Å². The Labute approximate surface area is 83.2 Å². The summed E-state index contributed by atoms with van der Waals surface area (Å²) < 4.78 is 0. The summed E-state index contributed by atoms with van der Waals surface area (Å²) >= 11 is 0. The summed E-state index contributed by atoms with van der Waals surface area (Å²) in [6, 6.07) is 12.1. The smallest absolute Gasteiger partial charge is 0.137 e. The number of hydrogen-bond acceptors (Lipinski definition) is 2. The molecule has 3 unspecified atom stereocenters. The zero-order valence-electron chi connectivity index (χ0n) is 7.76. The Morgan fingerprint density at radius 2 is 2.14 bits per heavy atom. The molecular weight excluding hydrogens is 174 g/mol. The average molecular weight is 185 g/mol. The first-order valence-electron chi connectivity index (χ1n) is 4.76. The van der Waals surface area contributed by atoms with Gasteiger partial charge in [-0.1, -0.05) is 30.3 Å². The number of aldehydes is 1. The van der Waals surface area contributed by atoms with E-state index in [1.807, 2.05) is 24.3 Å². The summed E-state index contributed by atoms with van der Waals surface area (Å²) in [6.07, 6.45) is 1.74. The third-order valence-electron chi connectivity index (χ3n) is 2.82. The normalized spacial score (nSPS) is 26.2. The van der Waals surface area contributed by atoms with Gasteiger partial charge in [-0.25, -0.2) is 0 Å². The van der Waals surface area contributed by atoms with Gasteiger partial charge in [0.25, 0.3) is 0 Å². The Morgan fingerprint density at radius 1 is 1.43 bits per heavy atom. The zero-order chi connectivity index (χ0) is 9.97. The van der Waals surface area contributed by atoms with E-state index >= 15 is 0 Å². The molecule has 0 aliphatic heterocycles. The molecule has 1 aliphatic rings. The summed E-state index contributed by atoms with van der Waals surface area (Å²) in [5, 5.41) is 8.72. The van der Waals surface area contributed by atoms with Crippen molar-refractivity contribution in [2.75, 3.05) is 0 Å². The molecule has 70 valence electrons. The molecule has 1 aliphatic carbocycles. The maximum Gasteiger partial charge on any atom is 0.137 e. The van der Waals surface area contributed by atoms with Crippen molar-refractivity contribution in [3.63, 3.8) is 0 Å². The number of hydrogen-bond donors (Lipinski definition) is 0. The van der Waals surface area contributed by atoms with Crippen LogP contribution in [0.1, 0.15) is 17.9 Å². The summed E-state index contributed by atoms with van der Waals surface area (Å²) in [4.78, 5) is 10.6. The Hall–Kier alpha value is -1.62. The van der Waals surface area contributed by atoms with Gasteiger partial charge in [-0.15, -0.1) is 0 Å². The highest BCUT2D eigenvalue weighted by Gasteiger charge is 2.43. The minimum atomic E-state index is -0.416. The van der Waals surface area contributed by atoms with Crippen molar-refractivity contribution in [2.24, 2.45) is 11.8 Å². The van der Waals surface area contributed by atoms with Gasteiger partial charge < -0.3 is 4.79 Å². The van der Waals surface area contributed by atoms with Crippen LogP contribution in [-0.4, -0.2) is 6.29 Å². The fourth-order valence-corrected chi connectivity index (χ4v) is 1.92. The van der Waals surface area contributed by atoms with Gasteiger partial charge in [0.2, 0.25) is 0 Å². The van der Waals surface area contributed by atoms with Gasteiger partial charge in [0.05, 0.1) is 6.07 Å². The Balaban J connectivity index is 2.07. The molecule has 2 rings (SSSR count). The Bertz CT molecular complexity index is 366. The minimum Gasteiger partial charge on any atom is -0.302 e. The van der Waals surface area contributed by atoms with Gasteiger partial charge >= 0.3 is 0 Å². The average Bonchev–Trinajstić information content (AvgIpc) is 3.01. The van der Waals surface area contributed by atoms with Crippen LogP contribution in [0.5, 0.6) is 0 Å². The molecule has 2 nitrogen and oxygen atoms in total. The fraction of sp³-hybridized carbons (Fsp3) is 0.333. The van der Waals surface area contributed by atoms with Crippen LogP contribution >= 0.6 is 0 Å². The molecule has 1 fully saturated rings. The van der Waals surface area contributed by atoms with Gasteiger partial charge in [0.15, 0.2) is 0 Å². The molecule has 14 heavy (non-hydrogen) atoms. The van der Waals surface area contributed by atoms with E-state index in [4.69, 9.17) is 5.26 Å². The first-order chi connectivity index (χ1) is 6.86. The van der Waals surface area contributed by atoms with E-state index in [0.29, 0.717) is 5.92 Å². The predicted octanol–water partition coefficient (Wildman–Crippen LogP) is 2.13. The molecule has 0 heterocycles. The molecular formula is C12H11NO. The summed E-state index contributed by atoms with van der Waals surface area (Å²) in [6.45, 7) is 0. The quantitative estimate of drug-likeness (QED) is 0.677. The first kappa shape index (κ1) is 8.96. The molecule has 0 radical (unpaired) electrons. The largest absolute Gasteiger partial charge is 0.302 e. The van der Waals surface area contributed by atoms with Crippen LogP contribution in [0.4, 0.5) is 0 Å². The molecule has 1 aromatic rings. The summed E-state index contributed by atoms with van der Waals surface area (Å²) in [5.74, 6) is 0.256. The molecule has 0 bridgehead atoms. The van der Waals surface area contributed by atoms with Gasteiger partial charge in [-0.3, -0.25) is 0 Å². The van der Waals surface area contributed by atoms with Crippen molar-refractivity contribution >= 4 is 6.29 Å². The molecule has 0 amide bonds. The van der Waals surface area contributed by atoms with Crippen LogP contribution in [0, 0.1) is 23.2 Å². The second kappa shape index (κ2) is 3.63. The van der Waals surface area contributed by atoms with Crippen molar-refractivity contribution < 1.29 is 4.79 Å². The maximum absolute atomic E-state index is 10.6. The lowest BCUT2D eigenvalue weighted by Crippen LogP contribution is -2.02. The monoisotopic (exact) mass is 185 g/mol. The van der Waals surface area contributed by atoms with Crippen LogP contribution < -0.4 is 0 Å². The lowest BCUT2D eigenvalue weighted by molar-refractivity contribution is -0.110. The van der Waals surface area contributed by atoms with Gasteiger partial charge in [-0.05, 0) is 23.8 Å². The second-order valence-corrected chi connectivity index (χ2v) is 3.71. The fourth-order valence-electron chi connectivity index (χ4n) is 1.92. The number of benzene rings is 1. The van der Waals surface area contributed by atoms with Gasteiger partial charge in [-0.2, -0.15) is 5.26 Å². The summed E-state index contributed by atoms with van der Waals surface area (Å²) in [7, 11) is 0. The van der Waals surface area contributed by atoms with Crippen LogP contribution in [0.3, 0.4) is 0 Å². The zero-order valence-corrected chi connectivity index (χ0v) is 7.76. The highest BCUT2D eigenvalue weighted by Crippen LogP contribution is 2.51. The molecule has 3 atom stereocenters. The Kier molecular flexibility index (Phi) is 2.32. The second-order valence-electron chi connectivity index (χ2n) is 3.71. The predicted molar refractivity (Wildman–Crippen MR) is 52.5 cm³/mol. The lowest BCUT2D eigenvalue weighted by Gasteiger charge is -2.00. The topological polar surface area (TPSA) is 40.9 Å². The van der Waals surface area contributed by atoms with Crippen molar-refractivity contribution in [1.82, 2.24) is 0 Å². The number of nitriles is 1. The van der Waals surface area contributed by atoms with E-state index in [-0.39, 0.29) is 5.92 Å². The molecule has 0 aromatic heterocycles. The highest BCUT2D eigenvalue weighted by molar-refractivity contribution is 5.59. The molecule has 1 aromatic carbocycles. The third-order valence-corrected chi connectivity index (χ3v) is 2.82. The maximum atomic E-state index is 10.6. The SMILES string of the molecule is N#CC(C=O)C1CC1c1ccccc1. The highest BCUT2D eigenvalue weighted by atomic mass is 16.1. The standard InChI is InChI=1S/C12H11NO/c13-7-10(8-14)12-6-11(12)9-4-2-1-3-5-9/h1-5,8,10-12H,6H2. The van der Waals surface area contributed by atoms with E-state index in [1.54, 1.807) is 0 Å². The molecule has 0 saturated heterocycles. The van der Waals surface area contributed by atoms with E-state index in [2.05, 4.69) is 12.1 Å². The van der Waals surface area contributed by atoms with Crippen LogP contribution in [-0.2, 0) is 4.79 Å². The van der Waals surface area contributed by atoms with Gasteiger partial charge in [0, 0.05) is 0 Å². The number of carbonyl (C=O) groups excluding carboxylic acids is 1. The lowest BCUT2D eigenvalue weighted by atomic mass is 10.0. The number of nitrogens with zero attached hydrogens (tertiary/aromatic N) is 1. The molecule has 1 saturated carbocycles. The van der Waals surface area contributed by atoms with E-state index in [9.17, 15) is 4.79 Å². The van der Waals surface area contributed by atoms with Crippen LogP contribution in [0.25, 0.3) is 0 Å². The molecule has 2 heteroatoms. The Morgan fingerprint density at radius 3 is 2.71 bits per heavy atom. The van der Waals surface area contributed by atoms with Crippen LogP contribution in [0.15, 0.2) is 30.3 Å². The van der Waals surface area contributed by atoms with E-state index < -0.39 is 5.92 Å². The van der Waals surface area contributed by atoms with Crippen LogP contribution in [0.2, 0.25) is 0 Å². The third kappa shape index (κ3) is 1.54. The number of carbonyl (C=O) groups is 1. The molecule has 0 spiro atoms. The van der Waals surface area contributed by atoms with Crippen molar-refractivity contribution in [2.45, 2.75) is 12.3 Å². The minimum absolute atomic E-state index is 0.250. The summed E-state index contributed by atoms with van der Waals surface area (Å²) in [5.41, 5.74) is 1.25. The van der Waals surface area contributed by atoms with Crippen molar-refractivity contribution in [3.8, 4) is 6.07 Å². The van der Waals surface area contributed by atoms with Crippen molar-refractivity contribution in [3.05, 3.63) is 35.9 Å². The van der Waals surface area contributed by atoms with Gasteiger partial charge in [0.1, 0.15) is 12.2 Å². The van der Waals surface area contributed by atoms with Crippen molar-refractivity contribution in [1.29, 1.82) is 5.26 Å². The first-order valence-corrected chi connectivity index (χ1v) is 4.76.